The topological polar surface area (TPSA) is 46.2 Å². The van der Waals surface area contributed by atoms with E-state index in [-0.39, 0.29) is 10.7 Å². The number of rotatable bonds is 2. The number of hydrogen-bond acceptors (Lipinski definition) is 2. The van der Waals surface area contributed by atoms with Gasteiger partial charge >= 0.3 is 0 Å². The van der Waals surface area contributed by atoms with E-state index in [9.17, 15) is 8.42 Å². The summed E-state index contributed by atoms with van der Waals surface area (Å²) in [6, 6.07) is 0. The summed E-state index contributed by atoms with van der Waals surface area (Å²) < 4.78 is 26.5. The Morgan fingerprint density at radius 1 is 1.07 bits per heavy atom. The van der Waals surface area contributed by atoms with Crippen LogP contribution in [0.2, 0.25) is 0 Å². The third kappa shape index (κ3) is 1.94. The van der Waals surface area contributed by atoms with Gasteiger partial charge in [0.2, 0.25) is 10.0 Å². The Bertz CT molecular complexity index is 317. The minimum absolute atomic E-state index is 0.115. The molecule has 0 radical (unpaired) electrons. The van der Waals surface area contributed by atoms with Crippen LogP contribution >= 0.6 is 0 Å². The predicted octanol–water partition coefficient (Wildman–Crippen LogP) is 2.04. The van der Waals surface area contributed by atoms with E-state index < -0.39 is 10.0 Å². The van der Waals surface area contributed by atoms with Crippen molar-refractivity contribution >= 4 is 10.0 Å². The second-order valence-electron chi connectivity index (χ2n) is 5.05. The Morgan fingerprint density at radius 3 is 2.27 bits per heavy atom. The summed E-state index contributed by atoms with van der Waals surface area (Å²) in [6.45, 7) is 0. The molecule has 1 unspecified atom stereocenters. The van der Waals surface area contributed by atoms with Gasteiger partial charge < -0.3 is 0 Å². The predicted molar refractivity (Wildman–Crippen MR) is 61.1 cm³/mol. The second-order valence-corrected chi connectivity index (χ2v) is 7.12. The minimum atomic E-state index is -3.06. The Kier molecular flexibility index (Phi) is 3.08. The molecule has 0 aromatic carbocycles. The molecule has 2 saturated carbocycles. The molecule has 2 rings (SSSR count). The Morgan fingerprint density at radius 2 is 1.67 bits per heavy atom. The van der Waals surface area contributed by atoms with Gasteiger partial charge in [-0.05, 0) is 38.1 Å². The van der Waals surface area contributed by atoms with Gasteiger partial charge in [0, 0.05) is 0 Å². The lowest BCUT2D eigenvalue weighted by Gasteiger charge is -2.38. The van der Waals surface area contributed by atoms with E-state index in [0.29, 0.717) is 0 Å². The third-order valence-corrected chi connectivity index (χ3v) is 6.39. The van der Waals surface area contributed by atoms with Crippen LogP contribution in [-0.4, -0.2) is 20.7 Å². The average molecular weight is 231 g/mol. The maximum absolute atomic E-state index is 12.0. The molecule has 0 aliphatic heterocycles. The van der Waals surface area contributed by atoms with E-state index in [2.05, 4.69) is 4.72 Å². The molecule has 1 atom stereocenters. The molecule has 3 nitrogen and oxygen atoms in total. The van der Waals surface area contributed by atoms with Crippen molar-refractivity contribution in [1.82, 2.24) is 4.72 Å². The quantitative estimate of drug-likeness (QED) is 0.790. The maximum atomic E-state index is 12.0. The van der Waals surface area contributed by atoms with Gasteiger partial charge in [-0.15, -0.1) is 0 Å². The lowest BCUT2D eigenvalue weighted by atomic mass is 9.73. The fraction of sp³-hybridized carbons (Fsp3) is 1.00. The van der Waals surface area contributed by atoms with E-state index >= 15 is 0 Å². The highest BCUT2D eigenvalue weighted by molar-refractivity contribution is 7.90. The molecule has 2 aliphatic carbocycles. The van der Waals surface area contributed by atoms with Crippen molar-refractivity contribution in [3.63, 3.8) is 0 Å². The highest BCUT2D eigenvalue weighted by atomic mass is 32.2. The lowest BCUT2D eigenvalue weighted by Crippen LogP contribution is -2.42. The summed E-state index contributed by atoms with van der Waals surface area (Å²) in [7, 11) is -1.51. The summed E-state index contributed by atoms with van der Waals surface area (Å²) in [5.74, 6) is 0. The second kappa shape index (κ2) is 4.06. The third-order valence-electron chi connectivity index (χ3n) is 4.33. The van der Waals surface area contributed by atoms with Crippen LogP contribution in [0.25, 0.3) is 0 Å². The van der Waals surface area contributed by atoms with Crippen molar-refractivity contribution in [3.05, 3.63) is 0 Å². The van der Waals surface area contributed by atoms with E-state index in [1.165, 1.54) is 19.3 Å². The highest BCUT2D eigenvalue weighted by Crippen LogP contribution is 2.51. The molecule has 2 aliphatic rings. The zero-order chi connectivity index (χ0) is 10.9. The van der Waals surface area contributed by atoms with E-state index in [1.807, 2.05) is 0 Å². The normalized spacial score (nSPS) is 30.9. The standard InChI is InChI=1S/C11H21NO2S/c1-12-15(13,14)10-6-5-9-11(10)7-3-2-4-8-11/h10,12H,2-9H2,1H3. The maximum Gasteiger partial charge on any atom is 0.214 e. The van der Waals surface area contributed by atoms with Crippen molar-refractivity contribution in [2.45, 2.75) is 56.6 Å². The van der Waals surface area contributed by atoms with E-state index in [4.69, 9.17) is 0 Å². The molecule has 15 heavy (non-hydrogen) atoms. The molecular formula is C11H21NO2S. The molecule has 0 aromatic rings. The first kappa shape index (κ1) is 11.4. The van der Waals surface area contributed by atoms with Crippen LogP contribution in [0, 0.1) is 5.41 Å². The molecule has 88 valence electrons. The van der Waals surface area contributed by atoms with Gasteiger partial charge in [-0.2, -0.15) is 0 Å². The SMILES string of the molecule is CNS(=O)(=O)C1CCCC12CCCCC2. The van der Waals surface area contributed by atoms with Crippen LogP contribution in [0.3, 0.4) is 0 Å². The van der Waals surface area contributed by atoms with Gasteiger partial charge in [-0.1, -0.05) is 25.7 Å². The summed E-state index contributed by atoms with van der Waals surface area (Å²) in [5.41, 5.74) is 0.125. The molecule has 0 aromatic heterocycles. The monoisotopic (exact) mass is 231 g/mol. The zero-order valence-corrected chi connectivity index (χ0v) is 10.3. The average Bonchev–Trinajstić information content (AvgIpc) is 2.63. The van der Waals surface area contributed by atoms with Crippen molar-refractivity contribution in [1.29, 1.82) is 0 Å². The smallest absolute Gasteiger partial charge is 0.214 e. The largest absolute Gasteiger partial charge is 0.218 e. The number of hydrogen-bond donors (Lipinski definition) is 1. The summed E-state index contributed by atoms with van der Waals surface area (Å²) in [5, 5.41) is -0.115. The van der Waals surface area contributed by atoms with Gasteiger partial charge in [-0.3, -0.25) is 0 Å². The number of sulfonamides is 1. The molecule has 0 heterocycles. The number of nitrogens with one attached hydrogen (secondary N) is 1. The molecular weight excluding hydrogens is 210 g/mol. The van der Waals surface area contributed by atoms with Gasteiger partial charge in [0.05, 0.1) is 5.25 Å². The fourth-order valence-electron chi connectivity index (χ4n) is 3.56. The zero-order valence-electron chi connectivity index (χ0n) is 9.46. The summed E-state index contributed by atoms with van der Waals surface area (Å²) in [4.78, 5) is 0. The molecule has 1 N–H and O–H groups in total. The first-order chi connectivity index (χ1) is 7.11. The van der Waals surface area contributed by atoms with Crippen LogP contribution in [-0.2, 0) is 10.0 Å². The molecule has 0 amide bonds. The first-order valence-electron chi connectivity index (χ1n) is 6.03. The van der Waals surface area contributed by atoms with Gasteiger partial charge in [0.1, 0.15) is 0 Å². The molecule has 2 fully saturated rings. The van der Waals surface area contributed by atoms with E-state index in [0.717, 1.165) is 32.1 Å². The molecule has 1 spiro atoms. The van der Waals surface area contributed by atoms with Crippen molar-refractivity contribution < 1.29 is 8.42 Å². The summed E-state index contributed by atoms with van der Waals surface area (Å²) in [6.07, 6.45) is 9.05. The van der Waals surface area contributed by atoms with Crippen LogP contribution in [0.4, 0.5) is 0 Å². The van der Waals surface area contributed by atoms with Gasteiger partial charge in [-0.25, -0.2) is 13.1 Å². The van der Waals surface area contributed by atoms with Crippen LogP contribution in [0.15, 0.2) is 0 Å². The van der Waals surface area contributed by atoms with Crippen LogP contribution in [0.1, 0.15) is 51.4 Å². The van der Waals surface area contributed by atoms with E-state index in [1.54, 1.807) is 7.05 Å². The molecule has 4 heteroatoms. The Labute approximate surface area is 92.7 Å². The van der Waals surface area contributed by atoms with Crippen LogP contribution in [0.5, 0.6) is 0 Å². The summed E-state index contributed by atoms with van der Waals surface area (Å²) >= 11 is 0. The van der Waals surface area contributed by atoms with Gasteiger partial charge in [0.25, 0.3) is 0 Å². The lowest BCUT2D eigenvalue weighted by molar-refractivity contribution is 0.199. The molecule has 0 saturated heterocycles. The Balaban J connectivity index is 2.24. The van der Waals surface area contributed by atoms with Crippen molar-refractivity contribution in [2.24, 2.45) is 5.41 Å². The first-order valence-corrected chi connectivity index (χ1v) is 7.58. The Hall–Kier alpha value is -0.0900. The van der Waals surface area contributed by atoms with Gasteiger partial charge in [0.15, 0.2) is 0 Å². The highest BCUT2D eigenvalue weighted by Gasteiger charge is 2.49. The van der Waals surface area contributed by atoms with Crippen LogP contribution < -0.4 is 4.72 Å². The minimum Gasteiger partial charge on any atom is -0.218 e. The molecule has 0 bridgehead atoms. The van der Waals surface area contributed by atoms with Crippen molar-refractivity contribution in [2.75, 3.05) is 7.05 Å². The van der Waals surface area contributed by atoms with Crippen molar-refractivity contribution in [3.8, 4) is 0 Å². The fourth-order valence-corrected chi connectivity index (χ4v) is 5.33.